The molecule has 1 saturated heterocycles. The largest absolute Gasteiger partial charge is 0.420 e. The molecule has 0 bridgehead atoms. The summed E-state index contributed by atoms with van der Waals surface area (Å²) in [5.41, 5.74) is 2.10. The van der Waals surface area contributed by atoms with Crippen molar-refractivity contribution in [1.82, 2.24) is 9.88 Å². The number of nitrogens with zero attached hydrogens (tertiary/aromatic N) is 3. The van der Waals surface area contributed by atoms with Gasteiger partial charge in [0.1, 0.15) is 5.82 Å². The number of rotatable bonds is 7. The van der Waals surface area contributed by atoms with E-state index in [1.54, 1.807) is 44.3 Å². The zero-order chi connectivity index (χ0) is 23.2. The highest BCUT2D eigenvalue weighted by molar-refractivity contribution is 5.82. The number of piperazine rings is 1. The number of aromatic nitrogens is 1. The normalized spacial score (nSPS) is 14.4. The molecule has 0 atom stereocenters. The van der Waals surface area contributed by atoms with Crippen LogP contribution in [-0.2, 0) is 11.3 Å². The third-order valence-electron chi connectivity index (χ3n) is 5.62. The number of carbonyl (C=O) groups excluding carboxylic acids is 1. The van der Waals surface area contributed by atoms with Gasteiger partial charge in [0.05, 0.1) is 17.3 Å². The van der Waals surface area contributed by atoms with Gasteiger partial charge < -0.3 is 15.0 Å². The van der Waals surface area contributed by atoms with E-state index in [1.807, 2.05) is 6.07 Å². The molecule has 0 unspecified atom stereocenters. The quantitative estimate of drug-likeness (QED) is 0.522. The number of pyridine rings is 1. The number of anilines is 3. The van der Waals surface area contributed by atoms with Gasteiger partial charge in [0, 0.05) is 38.9 Å². The minimum atomic E-state index is -0.383. The van der Waals surface area contributed by atoms with Crippen LogP contribution in [0.3, 0.4) is 0 Å². The van der Waals surface area contributed by atoms with Crippen LogP contribution in [0.1, 0.15) is 19.4 Å². The van der Waals surface area contributed by atoms with Crippen LogP contribution in [0.15, 0.2) is 66.9 Å². The van der Waals surface area contributed by atoms with Crippen LogP contribution >= 0.6 is 0 Å². The lowest BCUT2D eigenvalue weighted by molar-refractivity contribution is -0.137. The lowest BCUT2D eigenvalue weighted by Gasteiger charge is -2.36. The SMILES string of the molecule is CC(C)C(=O)Oc1c(Nc2ccccc2F)ccnc1N1CCN(Cc2ccccc2)CC1. The van der Waals surface area contributed by atoms with Gasteiger partial charge in [0.2, 0.25) is 0 Å². The lowest BCUT2D eigenvalue weighted by Crippen LogP contribution is -2.46. The fourth-order valence-corrected chi connectivity index (χ4v) is 3.75. The first-order valence-corrected chi connectivity index (χ1v) is 11.2. The van der Waals surface area contributed by atoms with Crippen LogP contribution in [0.25, 0.3) is 0 Å². The Kier molecular flexibility index (Phi) is 7.19. The van der Waals surface area contributed by atoms with Crippen molar-refractivity contribution in [1.29, 1.82) is 0 Å². The van der Waals surface area contributed by atoms with Crippen LogP contribution in [0.2, 0.25) is 0 Å². The number of nitrogens with one attached hydrogen (secondary N) is 1. The van der Waals surface area contributed by atoms with E-state index in [2.05, 4.69) is 44.4 Å². The van der Waals surface area contributed by atoms with E-state index in [4.69, 9.17) is 4.74 Å². The van der Waals surface area contributed by atoms with Crippen LogP contribution in [0.4, 0.5) is 21.6 Å². The van der Waals surface area contributed by atoms with Crippen molar-refractivity contribution in [2.45, 2.75) is 20.4 Å². The Balaban J connectivity index is 1.55. The summed E-state index contributed by atoms with van der Waals surface area (Å²) in [6.45, 7) is 7.67. The van der Waals surface area contributed by atoms with Gasteiger partial charge in [-0.15, -0.1) is 0 Å². The van der Waals surface area contributed by atoms with Crippen molar-refractivity contribution in [2.75, 3.05) is 36.4 Å². The van der Waals surface area contributed by atoms with Gasteiger partial charge in [-0.2, -0.15) is 0 Å². The third-order valence-corrected chi connectivity index (χ3v) is 5.62. The van der Waals surface area contributed by atoms with Crippen LogP contribution in [-0.4, -0.2) is 42.0 Å². The molecule has 2 aromatic carbocycles. The zero-order valence-electron chi connectivity index (χ0n) is 19.0. The highest BCUT2D eigenvalue weighted by Gasteiger charge is 2.25. The number of hydrogen-bond acceptors (Lipinski definition) is 6. The van der Waals surface area contributed by atoms with Crippen LogP contribution in [0, 0.1) is 11.7 Å². The van der Waals surface area contributed by atoms with E-state index >= 15 is 0 Å². The van der Waals surface area contributed by atoms with E-state index in [1.165, 1.54) is 11.6 Å². The van der Waals surface area contributed by atoms with E-state index in [0.29, 0.717) is 22.9 Å². The molecule has 0 saturated carbocycles. The first kappa shape index (κ1) is 22.7. The summed E-state index contributed by atoms with van der Waals surface area (Å²) in [4.78, 5) is 21.6. The second-order valence-corrected chi connectivity index (χ2v) is 8.44. The second kappa shape index (κ2) is 10.4. The summed E-state index contributed by atoms with van der Waals surface area (Å²) in [5.74, 6) is -0.127. The summed E-state index contributed by atoms with van der Waals surface area (Å²) >= 11 is 0. The summed E-state index contributed by atoms with van der Waals surface area (Å²) in [6, 6.07) is 18.5. The molecular weight excluding hydrogens is 419 g/mol. The summed E-state index contributed by atoms with van der Waals surface area (Å²) in [6.07, 6.45) is 1.65. The molecule has 0 spiro atoms. The van der Waals surface area contributed by atoms with Crippen molar-refractivity contribution >= 4 is 23.2 Å². The average molecular weight is 449 g/mol. The van der Waals surface area contributed by atoms with Crippen LogP contribution < -0.4 is 15.0 Å². The van der Waals surface area contributed by atoms with Gasteiger partial charge in [-0.25, -0.2) is 9.37 Å². The molecule has 7 heteroatoms. The molecule has 1 fully saturated rings. The van der Waals surface area contributed by atoms with E-state index in [0.717, 1.165) is 32.7 Å². The van der Waals surface area contributed by atoms with E-state index in [-0.39, 0.29) is 17.7 Å². The van der Waals surface area contributed by atoms with Crippen molar-refractivity contribution < 1.29 is 13.9 Å². The first-order valence-electron chi connectivity index (χ1n) is 11.2. The van der Waals surface area contributed by atoms with Crippen molar-refractivity contribution in [3.8, 4) is 5.75 Å². The molecule has 1 aliphatic heterocycles. The predicted molar refractivity (Wildman–Crippen MR) is 128 cm³/mol. The highest BCUT2D eigenvalue weighted by atomic mass is 19.1. The topological polar surface area (TPSA) is 57.7 Å². The molecule has 2 heterocycles. The smallest absolute Gasteiger partial charge is 0.313 e. The van der Waals surface area contributed by atoms with Gasteiger partial charge in [-0.1, -0.05) is 56.3 Å². The third kappa shape index (κ3) is 5.68. The minimum absolute atomic E-state index is 0.304. The Morgan fingerprint density at radius 2 is 1.70 bits per heavy atom. The first-order chi connectivity index (χ1) is 16.0. The molecule has 0 aliphatic carbocycles. The Hall–Kier alpha value is -3.45. The summed E-state index contributed by atoms with van der Waals surface area (Å²) in [7, 11) is 0. The molecular formula is C26H29FN4O2. The second-order valence-electron chi connectivity index (χ2n) is 8.44. The number of hydrogen-bond donors (Lipinski definition) is 1. The Morgan fingerprint density at radius 1 is 1.00 bits per heavy atom. The van der Waals surface area contributed by atoms with Crippen LogP contribution in [0.5, 0.6) is 5.75 Å². The van der Waals surface area contributed by atoms with Gasteiger partial charge in [0.15, 0.2) is 11.6 Å². The molecule has 1 aliphatic rings. The molecule has 4 rings (SSSR count). The maximum Gasteiger partial charge on any atom is 0.313 e. The fourth-order valence-electron chi connectivity index (χ4n) is 3.75. The minimum Gasteiger partial charge on any atom is -0.420 e. The van der Waals surface area contributed by atoms with Crippen molar-refractivity contribution in [2.24, 2.45) is 5.92 Å². The molecule has 1 aromatic heterocycles. The number of ether oxygens (including phenoxy) is 1. The molecule has 0 amide bonds. The monoisotopic (exact) mass is 448 g/mol. The lowest BCUT2D eigenvalue weighted by atomic mass is 10.2. The molecule has 1 N–H and O–H groups in total. The van der Waals surface area contributed by atoms with Gasteiger partial charge in [0.25, 0.3) is 0 Å². The molecule has 3 aromatic rings. The maximum atomic E-state index is 14.3. The zero-order valence-corrected chi connectivity index (χ0v) is 19.0. The average Bonchev–Trinajstić information content (AvgIpc) is 2.82. The maximum absolute atomic E-state index is 14.3. The van der Waals surface area contributed by atoms with Gasteiger partial charge in [-0.05, 0) is 23.8 Å². The number of para-hydroxylation sites is 1. The Morgan fingerprint density at radius 3 is 2.39 bits per heavy atom. The van der Waals surface area contributed by atoms with Crippen molar-refractivity contribution in [3.05, 3.63) is 78.2 Å². The number of esters is 1. The molecule has 172 valence electrons. The molecule has 33 heavy (non-hydrogen) atoms. The molecule has 0 radical (unpaired) electrons. The van der Waals surface area contributed by atoms with E-state index < -0.39 is 0 Å². The van der Waals surface area contributed by atoms with Gasteiger partial charge >= 0.3 is 5.97 Å². The predicted octanol–water partition coefficient (Wildman–Crippen LogP) is 4.85. The van der Waals surface area contributed by atoms with Crippen molar-refractivity contribution in [3.63, 3.8) is 0 Å². The van der Waals surface area contributed by atoms with E-state index in [9.17, 15) is 9.18 Å². The van der Waals surface area contributed by atoms with Gasteiger partial charge in [-0.3, -0.25) is 9.69 Å². The fraction of sp³-hybridized carbons (Fsp3) is 0.308. The number of halogens is 1. The molecule has 6 nitrogen and oxygen atoms in total. The number of benzene rings is 2. The summed E-state index contributed by atoms with van der Waals surface area (Å²) in [5, 5.41) is 3.08. The standard InChI is InChI=1S/C26H29FN4O2/c1-19(2)26(32)33-24-23(29-22-11-7-6-10-21(22)27)12-13-28-25(24)31-16-14-30(15-17-31)18-20-8-4-3-5-9-20/h3-13,19H,14-18H2,1-2H3,(H,28,29). The summed E-state index contributed by atoms with van der Waals surface area (Å²) < 4.78 is 20.1. The highest BCUT2D eigenvalue weighted by Crippen LogP contribution is 2.37. The Labute approximate surface area is 194 Å². The Bertz CT molecular complexity index is 1080. The number of carbonyl (C=O) groups is 1.